The summed E-state index contributed by atoms with van der Waals surface area (Å²) in [6.07, 6.45) is 6.12. The maximum absolute atomic E-state index is 13.9. The number of guanidine groups is 1. The van der Waals surface area contributed by atoms with Crippen molar-refractivity contribution in [3.63, 3.8) is 0 Å². The number of rotatable bonds is 17. The van der Waals surface area contributed by atoms with Crippen LogP contribution in [-0.4, -0.2) is 80.5 Å². The Morgan fingerprint density at radius 2 is 1.80 bits per heavy atom. The molecular weight excluding hydrogens is 673 g/mol. The number of aryl methyl sites for hydroxylation is 1. The molecule has 7 N–H and O–H groups in total. The molecule has 2 amide bonds. The Morgan fingerprint density at radius 1 is 1.12 bits per heavy atom. The van der Waals surface area contributed by atoms with Gasteiger partial charge in [0.15, 0.2) is 0 Å². The predicted molar refractivity (Wildman–Crippen MR) is 197 cm³/mol. The van der Waals surface area contributed by atoms with Crippen molar-refractivity contribution >= 4 is 33.8 Å². The molecule has 14 heteroatoms. The standard InChI is InChI=1S/C37H54N6O7S/c1-23(2)20-29(38)17-16-28(22-27-12-8-7-9-13-27)35(45)43-19-11-15-31(43)34(44)41-30(36(46)47)14-10-18-40-37(39)42-51(48,49)33-24(3)21-32(50-6)25(4)26(33)5/h7-9,12-13,16-17,21,23,28-31H,10-11,14-15,18-20,22,38H2,1-6H3,(H,41,44)(H,46,47)(H3,39,40,42)/b17-16+/t28-,29-,30+,31+/m1/s1. The molecule has 0 unspecified atom stereocenters. The number of benzene rings is 2. The molecule has 51 heavy (non-hydrogen) atoms. The number of nitrogens with zero attached hydrogens (tertiary/aromatic N) is 1. The molecule has 1 heterocycles. The van der Waals surface area contributed by atoms with Gasteiger partial charge in [0.05, 0.1) is 17.9 Å². The van der Waals surface area contributed by atoms with Crippen molar-refractivity contribution in [2.45, 2.75) is 96.2 Å². The quantitative estimate of drug-likeness (QED) is 0.0610. The van der Waals surface area contributed by atoms with Crippen LogP contribution in [0, 0.1) is 38.0 Å². The minimum atomic E-state index is -4.10. The Kier molecular flexibility index (Phi) is 15.0. The van der Waals surface area contributed by atoms with E-state index in [1.165, 1.54) is 7.11 Å². The normalized spacial score (nSPS) is 16.5. The molecule has 1 saturated heterocycles. The molecule has 4 atom stereocenters. The van der Waals surface area contributed by atoms with Crippen LogP contribution in [0.25, 0.3) is 0 Å². The molecule has 13 nitrogen and oxygen atoms in total. The summed E-state index contributed by atoms with van der Waals surface area (Å²) in [5.74, 6) is -2.05. The van der Waals surface area contributed by atoms with Gasteiger partial charge in [-0.1, -0.05) is 56.3 Å². The van der Waals surface area contributed by atoms with Gasteiger partial charge >= 0.3 is 5.97 Å². The summed E-state index contributed by atoms with van der Waals surface area (Å²) in [5, 5.41) is 23.3. The molecule has 280 valence electrons. The second-order valence-corrected chi connectivity index (χ2v) is 15.2. The summed E-state index contributed by atoms with van der Waals surface area (Å²) < 4.78 is 33.8. The number of methoxy groups -OCH3 is 1. The lowest BCUT2D eigenvalue weighted by Gasteiger charge is -2.28. The van der Waals surface area contributed by atoms with Crippen LogP contribution in [-0.2, 0) is 30.8 Å². The van der Waals surface area contributed by atoms with Crippen molar-refractivity contribution in [2.24, 2.45) is 17.6 Å². The molecule has 2 aromatic carbocycles. The fourth-order valence-corrected chi connectivity index (χ4v) is 7.92. The van der Waals surface area contributed by atoms with E-state index >= 15 is 0 Å². The summed E-state index contributed by atoms with van der Waals surface area (Å²) >= 11 is 0. The molecule has 2 aromatic rings. The van der Waals surface area contributed by atoms with Crippen molar-refractivity contribution < 1.29 is 32.6 Å². The van der Waals surface area contributed by atoms with E-state index in [2.05, 4.69) is 29.2 Å². The largest absolute Gasteiger partial charge is 0.496 e. The molecule has 0 saturated carbocycles. The first-order chi connectivity index (χ1) is 24.0. The lowest BCUT2D eigenvalue weighted by Crippen LogP contribution is -2.52. The fraction of sp³-hybridized carbons (Fsp3) is 0.514. The Balaban J connectivity index is 1.61. The summed E-state index contributed by atoms with van der Waals surface area (Å²) in [5.41, 5.74) is 8.90. The molecule has 0 aliphatic carbocycles. The molecule has 0 bridgehead atoms. The number of carboxylic acids is 1. The number of likely N-dealkylation sites (tertiary alicyclic amines) is 1. The first-order valence-electron chi connectivity index (χ1n) is 17.4. The van der Waals surface area contributed by atoms with E-state index in [0.717, 1.165) is 12.0 Å². The molecule has 1 aliphatic rings. The van der Waals surface area contributed by atoms with E-state index in [9.17, 15) is 27.9 Å². The number of amides is 2. The van der Waals surface area contributed by atoms with E-state index in [4.69, 9.17) is 15.9 Å². The number of sulfonamides is 1. The Bertz CT molecular complexity index is 1680. The SMILES string of the molecule is COc1cc(C)c(S(=O)(=O)NC(=N)NCCC[C@H](NC(=O)[C@@H]2CCCN2C(=O)[C@H](/C=C/[C@@H](N)CC(C)C)Cc2ccccc2)C(=O)O)c(C)c1C. The van der Waals surface area contributed by atoms with Crippen molar-refractivity contribution in [2.75, 3.05) is 20.2 Å². The van der Waals surface area contributed by atoms with E-state index in [-0.39, 0.29) is 36.2 Å². The second-order valence-electron chi connectivity index (χ2n) is 13.6. The maximum Gasteiger partial charge on any atom is 0.326 e. The average molecular weight is 727 g/mol. The number of nitrogens with two attached hydrogens (primary N) is 1. The topological polar surface area (TPSA) is 204 Å². The third-order valence-corrected chi connectivity index (χ3v) is 10.7. The molecule has 3 rings (SSSR count). The van der Waals surface area contributed by atoms with Gasteiger partial charge in [-0.05, 0) is 93.5 Å². The number of hydrogen-bond acceptors (Lipinski definition) is 8. The van der Waals surface area contributed by atoms with Gasteiger partial charge in [0, 0.05) is 19.1 Å². The lowest BCUT2D eigenvalue weighted by molar-refractivity contribution is -0.144. The second kappa shape index (κ2) is 18.7. The number of nitrogens with one attached hydrogen (secondary N) is 4. The van der Waals surface area contributed by atoms with Crippen LogP contribution in [0.5, 0.6) is 5.75 Å². The van der Waals surface area contributed by atoms with Crippen molar-refractivity contribution in [1.82, 2.24) is 20.3 Å². The summed E-state index contributed by atoms with van der Waals surface area (Å²) in [6.45, 7) is 9.68. The van der Waals surface area contributed by atoms with E-state index in [1.54, 1.807) is 31.7 Å². The lowest BCUT2D eigenvalue weighted by atomic mass is 9.95. The minimum Gasteiger partial charge on any atom is -0.496 e. The third kappa shape index (κ3) is 11.5. The average Bonchev–Trinajstić information content (AvgIpc) is 3.56. The van der Waals surface area contributed by atoms with Crippen molar-refractivity contribution in [3.05, 3.63) is 70.8 Å². The summed E-state index contributed by atoms with van der Waals surface area (Å²) in [4.78, 5) is 41.1. The number of hydrogen-bond donors (Lipinski definition) is 6. The minimum absolute atomic E-state index is 0.0117. The van der Waals surface area contributed by atoms with Crippen LogP contribution in [0.15, 0.2) is 53.4 Å². The molecule has 1 aliphatic heterocycles. The van der Waals surface area contributed by atoms with Gasteiger partial charge in [-0.25, -0.2) is 17.9 Å². The Morgan fingerprint density at radius 3 is 2.43 bits per heavy atom. The zero-order valence-corrected chi connectivity index (χ0v) is 31.3. The van der Waals surface area contributed by atoms with Crippen molar-refractivity contribution in [1.29, 1.82) is 5.41 Å². The van der Waals surface area contributed by atoms with Gasteiger partial charge in [0.1, 0.15) is 17.8 Å². The molecule has 0 aromatic heterocycles. The Labute approximate surface area is 302 Å². The monoisotopic (exact) mass is 726 g/mol. The van der Waals surface area contributed by atoms with E-state index in [0.29, 0.717) is 54.2 Å². The highest BCUT2D eigenvalue weighted by molar-refractivity contribution is 7.90. The number of ether oxygens (including phenoxy) is 1. The van der Waals surface area contributed by atoms with Crippen LogP contribution in [0.2, 0.25) is 0 Å². The van der Waals surface area contributed by atoms with Gasteiger partial charge < -0.3 is 31.1 Å². The van der Waals surface area contributed by atoms with Gasteiger partial charge in [-0.3, -0.25) is 15.0 Å². The predicted octanol–water partition coefficient (Wildman–Crippen LogP) is 3.55. The highest BCUT2D eigenvalue weighted by atomic mass is 32.2. The third-order valence-electron chi connectivity index (χ3n) is 9.08. The first-order valence-corrected chi connectivity index (χ1v) is 18.9. The number of carboxylic acid groups (broad SMARTS) is 1. The summed E-state index contributed by atoms with van der Waals surface area (Å²) in [7, 11) is -2.59. The van der Waals surface area contributed by atoms with Crippen LogP contribution in [0.4, 0.5) is 0 Å². The van der Waals surface area contributed by atoms with Gasteiger partial charge in [-0.15, -0.1) is 0 Å². The van der Waals surface area contributed by atoms with Crippen LogP contribution < -0.4 is 25.8 Å². The maximum atomic E-state index is 13.9. The fourth-order valence-electron chi connectivity index (χ4n) is 6.43. The molecular formula is C37H54N6O7S. The highest BCUT2D eigenvalue weighted by Gasteiger charge is 2.38. The van der Waals surface area contributed by atoms with E-state index < -0.39 is 45.9 Å². The van der Waals surface area contributed by atoms with Crippen LogP contribution >= 0.6 is 0 Å². The molecule has 0 spiro atoms. The molecule has 1 fully saturated rings. The van der Waals surface area contributed by atoms with Gasteiger partial charge in [-0.2, -0.15) is 0 Å². The zero-order valence-electron chi connectivity index (χ0n) is 30.5. The van der Waals surface area contributed by atoms with Crippen LogP contribution in [0.1, 0.15) is 68.2 Å². The highest BCUT2D eigenvalue weighted by Crippen LogP contribution is 2.30. The number of aliphatic carboxylic acids is 1. The van der Waals surface area contributed by atoms with Crippen molar-refractivity contribution in [3.8, 4) is 5.75 Å². The van der Waals surface area contributed by atoms with Gasteiger partial charge in [0.25, 0.3) is 10.0 Å². The molecule has 0 radical (unpaired) electrons. The first kappa shape index (κ1) is 41.0. The van der Waals surface area contributed by atoms with E-state index in [1.807, 2.05) is 42.5 Å². The number of carbonyl (C=O) groups excluding carboxylic acids is 2. The number of carbonyl (C=O) groups is 3. The van der Waals surface area contributed by atoms with Crippen LogP contribution in [0.3, 0.4) is 0 Å². The van der Waals surface area contributed by atoms with Gasteiger partial charge in [0.2, 0.25) is 17.8 Å². The smallest absolute Gasteiger partial charge is 0.326 e. The summed E-state index contributed by atoms with van der Waals surface area (Å²) in [6, 6.07) is 8.97. The Hall–Kier alpha value is -4.43. The zero-order chi connectivity index (χ0) is 37.9.